The number of nitrogens with two attached hydrogens (primary N) is 2. The molecule has 0 spiro atoms. The minimum Gasteiger partial charge on any atom is -0.382 e. The zero-order valence-corrected chi connectivity index (χ0v) is 15.8. The smallest absolute Gasteiger partial charge is 0.311 e. The van der Waals surface area contributed by atoms with Crippen LogP contribution in [0.4, 0.5) is 23.1 Å². The fourth-order valence-electron chi connectivity index (χ4n) is 2.37. The number of nitro groups is 1. The summed E-state index contributed by atoms with van der Waals surface area (Å²) in [6, 6.07) is 7.76. The Labute approximate surface area is 169 Å². The summed E-state index contributed by atoms with van der Waals surface area (Å²) in [5.74, 6) is 0.463. The Kier molecular flexibility index (Phi) is 5.76. The van der Waals surface area contributed by atoms with Crippen LogP contribution in [0, 0.1) is 16.5 Å². The maximum absolute atomic E-state index is 10.8. The summed E-state index contributed by atoms with van der Waals surface area (Å²) in [7, 11) is 0. The molecule has 0 fully saturated rings. The number of hydrogen-bond acceptors (Lipinski definition) is 8. The van der Waals surface area contributed by atoms with Crippen molar-refractivity contribution in [3.05, 3.63) is 68.8 Å². The second-order valence-corrected chi connectivity index (χ2v) is 6.44. The Balaban J connectivity index is 1.72. The summed E-state index contributed by atoms with van der Waals surface area (Å²) >= 11 is 12.1. The van der Waals surface area contributed by atoms with Crippen LogP contribution in [0.5, 0.6) is 0 Å². The fourth-order valence-corrected chi connectivity index (χ4v) is 2.87. The first kappa shape index (κ1) is 19.6. The van der Waals surface area contributed by atoms with Crippen molar-refractivity contribution in [1.29, 1.82) is 0 Å². The summed E-state index contributed by atoms with van der Waals surface area (Å²) in [5.41, 5.74) is 12.9. The van der Waals surface area contributed by atoms with E-state index < -0.39 is 4.92 Å². The molecular formula is C17H14Cl2N7O2. The van der Waals surface area contributed by atoms with Crippen molar-refractivity contribution < 1.29 is 4.92 Å². The van der Waals surface area contributed by atoms with Gasteiger partial charge in [-0.1, -0.05) is 23.2 Å². The quantitative estimate of drug-likeness (QED) is 0.406. The van der Waals surface area contributed by atoms with E-state index in [-0.39, 0.29) is 17.3 Å². The molecule has 0 aliphatic rings. The van der Waals surface area contributed by atoms with Gasteiger partial charge in [0.1, 0.15) is 17.3 Å². The Morgan fingerprint density at radius 2 is 1.93 bits per heavy atom. The summed E-state index contributed by atoms with van der Waals surface area (Å²) in [6.45, 7) is 0.330. The van der Waals surface area contributed by atoms with Gasteiger partial charge in [-0.05, 0) is 24.3 Å². The molecule has 5 N–H and O–H groups in total. The van der Waals surface area contributed by atoms with Crippen LogP contribution in [0.2, 0.25) is 10.0 Å². The van der Waals surface area contributed by atoms with Crippen molar-refractivity contribution in [2.45, 2.75) is 0 Å². The van der Waals surface area contributed by atoms with Crippen molar-refractivity contribution in [2.24, 2.45) is 0 Å². The molecule has 1 radical (unpaired) electrons. The predicted molar refractivity (Wildman–Crippen MR) is 109 cm³/mol. The molecule has 0 atom stereocenters. The van der Waals surface area contributed by atoms with Crippen LogP contribution in [-0.2, 0) is 0 Å². The van der Waals surface area contributed by atoms with Crippen LogP contribution in [0.3, 0.4) is 0 Å². The lowest BCUT2D eigenvalue weighted by Gasteiger charge is -2.10. The maximum atomic E-state index is 10.8. The molecule has 11 heteroatoms. The van der Waals surface area contributed by atoms with Crippen LogP contribution in [0.1, 0.15) is 5.69 Å². The Hall–Kier alpha value is -3.17. The van der Waals surface area contributed by atoms with E-state index in [0.717, 1.165) is 0 Å². The zero-order chi connectivity index (χ0) is 20.3. The summed E-state index contributed by atoms with van der Waals surface area (Å²) < 4.78 is 0. The lowest BCUT2D eigenvalue weighted by Crippen LogP contribution is -2.08. The van der Waals surface area contributed by atoms with Gasteiger partial charge in [-0.15, -0.1) is 0 Å². The van der Waals surface area contributed by atoms with Crippen molar-refractivity contribution in [3.8, 4) is 11.3 Å². The molecule has 0 saturated carbocycles. The number of aromatic nitrogens is 3. The van der Waals surface area contributed by atoms with Crippen LogP contribution >= 0.6 is 23.2 Å². The van der Waals surface area contributed by atoms with E-state index in [2.05, 4.69) is 20.3 Å². The molecule has 0 amide bonds. The minimum absolute atomic E-state index is 0.165. The number of hydrogen-bond donors (Lipinski definition) is 3. The molecular weight excluding hydrogens is 405 g/mol. The molecule has 1 aromatic carbocycles. The van der Waals surface area contributed by atoms with Gasteiger partial charge >= 0.3 is 5.69 Å². The third-order valence-corrected chi connectivity index (χ3v) is 4.25. The molecule has 3 aromatic rings. The molecule has 0 aliphatic carbocycles. The van der Waals surface area contributed by atoms with Gasteiger partial charge in [0.2, 0.25) is 5.82 Å². The fraction of sp³-hybridized carbons (Fsp3) is 0.0588. The van der Waals surface area contributed by atoms with Crippen LogP contribution in [0.25, 0.3) is 11.3 Å². The topological polar surface area (TPSA) is 146 Å². The molecule has 2 heterocycles. The van der Waals surface area contributed by atoms with Crippen LogP contribution in [-0.4, -0.2) is 26.4 Å². The first-order chi connectivity index (χ1) is 13.3. The monoisotopic (exact) mass is 418 g/mol. The molecule has 28 heavy (non-hydrogen) atoms. The number of nitrogens with zero attached hydrogens (tertiary/aromatic N) is 4. The highest BCUT2D eigenvalue weighted by molar-refractivity contribution is 6.36. The normalized spacial score (nSPS) is 10.6. The van der Waals surface area contributed by atoms with Crippen molar-refractivity contribution in [1.82, 2.24) is 15.0 Å². The SMILES string of the molecule is Nc1nc(NC[CH]c2cnc(N)c(-c3ccc(Cl)cc3Cl)n2)ccc1[N+](=O)[O-]. The van der Waals surface area contributed by atoms with Gasteiger partial charge in [-0.3, -0.25) is 10.1 Å². The van der Waals surface area contributed by atoms with E-state index in [1.54, 1.807) is 24.6 Å². The van der Waals surface area contributed by atoms with Crippen LogP contribution in [0.15, 0.2) is 36.5 Å². The molecule has 9 nitrogen and oxygen atoms in total. The number of anilines is 3. The van der Waals surface area contributed by atoms with Gasteiger partial charge in [-0.2, -0.15) is 0 Å². The molecule has 0 unspecified atom stereocenters. The predicted octanol–water partition coefficient (Wildman–Crippen LogP) is 3.58. The van der Waals surface area contributed by atoms with Gasteiger partial charge in [0, 0.05) is 29.6 Å². The number of halogens is 2. The Morgan fingerprint density at radius 3 is 2.61 bits per heavy atom. The van der Waals surface area contributed by atoms with E-state index >= 15 is 0 Å². The van der Waals surface area contributed by atoms with Gasteiger partial charge in [0.25, 0.3) is 0 Å². The van der Waals surface area contributed by atoms with Crippen molar-refractivity contribution in [3.63, 3.8) is 0 Å². The standard InChI is InChI=1S/C17H14Cl2N7O2/c18-9-1-2-11(12(19)7-9)15-17(21)23-8-10(24-15)5-6-22-14-4-3-13(26(27)28)16(20)25-14/h1-5,7-8H,6H2,(H2,21,23)(H3,20,22,25). The Bertz CT molecular complexity index is 1050. The third-order valence-electron chi connectivity index (χ3n) is 3.70. The largest absolute Gasteiger partial charge is 0.382 e. The lowest BCUT2D eigenvalue weighted by molar-refractivity contribution is -0.384. The second-order valence-electron chi connectivity index (χ2n) is 5.60. The number of rotatable bonds is 6. The van der Waals surface area contributed by atoms with Crippen molar-refractivity contribution in [2.75, 3.05) is 23.3 Å². The molecule has 0 saturated heterocycles. The molecule has 2 aromatic heterocycles. The van der Waals surface area contributed by atoms with Crippen LogP contribution < -0.4 is 16.8 Å². The number of nitrogens with one attached hydrogen (secondary N) is 1. The average Bonchev–Trinajstić information content (AvgIpc) is 2.63. The minimum atomic E-state index is -0.592. The number of benzene rings is 1. The summed E-state index contributed by atoms with van der Waals surface area (Å²) in [6.07, 6.45) is 3.26. The molecule has 3 rings (SSSR count). The van der Waals surface area contributed by atoms with E-state index in [0.29, 0.717) is 39.4 Å². The summed E-state index contributed by atoms with van der Waals surface area (Å²) in [5, 5.41) is 14.7. The average molecular weight is 419 g/mol. The van der Waals surface area contributed by atoms with Crippen molar-refractivity contribution >= 4 is 46.3 Å². The summed E-state index contributed by atoms with van der Waals surface area (Å²) in [4.78, 5) is 22.7. The first-order valence-corrected chi connectivity index (χ1v) is 8.66. The zero-order valence-electron chi connectivity index (χ0n) is 14.3. The third kappa shape index (κ3) is 4.38. The highest BCUT2D eigenvalue weighted by atomic mass is 35.5. The molecule has 143 valence electrons. The second kappa shape index (κ2) is 8.24. The molecule has 0 aliphatic heterocycles. The van der Waals surface area contributed by atoms with E-state index in [1.807, 2.05) is 0 Å². The Morgan fingerprint density at radius 1 is 1.14 bits per heavy atom. The van der Waals surface area contributed by atoms with E-state index in [1.165, 1.54) is 18.3 Å². The van der Waals surface area contributed by atoms with Gasteiger partial charge < -0.3 is 16.8 Å². The first-order valence-electron chi connectivity index (χ1n) is 7.91. The highest BCUT2D eigenvalue weighted by Gasteiger charge is 2.14. The van der Waals surface area contributed by atoms with Gasteiger partial charge in [0.15, 0.2) is 0 Å². The van der Waals surface area contributed by atoms with Gasteiger partial charge in [-0.25, -0.2) is 15.0 Å². The van der Waals surface area contributed by atoms with Gasteiger partial charge in [0.05, 0.1) is 21.8 Å². The lowest BCUT2D eigenvalue weighted by atomic mass is 10.1. The van der Waals surface area contributed by atoms with E-state index in [4.69, 9.17) is 34.7 Å². The maximum Gasteiger partial charge on any atom is 0.311 e. The number of nitrogen functional groups attached to an aromatic ring is 2. The highest BCUT2D eigenvalue weighted by Crippen LogP contribution is 2.31. The number of pyridine rings is 1. The van der Waals surface area contributed by atoms with E-state index in [9.17, 15) is 10.1 Å². The molecule has 0 bridgehead atoms.